The molecule has 7 heteroatoms. The minimum absolute atomic E-state index is 0. The number of carbonyl (C=O) groups excluding carboxylic acids is 1. The summed E-state index contributed by atoms with van der Waals surface area (Å²) in [5.74, 6) is -0.0146. The highest BCUT2D eigenvalue weighted by atomic mass is 35.5. The number of carbonyl (C=O) groups is 1. The van der Waals surface area contributed by atoms with Gasteiger partial charge in [-0.15, -0.1) is 23.7 Å². The number of H-pyrrole nitrogens is 1. The van der Waals surface area contributed by atoms with Crippen LogP contribution in [-0.4, -0.2) is 40.1 Å². The Morgan fingerprint density at radius 2 is 2.38 bits per heavy atom. The second-order valence-corrected chi connectivity index (χ2v) is 5.98. The summed E-state index contributed by atoms with van der Waals surface area (Å²) in [5.41, 5.74) is 7.14. The third-order valence-electron chi connectivity index (χ3n) is 3.74. The second-order valence-electron chi connectivity index (χ2n) is 5.03. The molecule has 0 saturated carbocycles. The van der Waals surface area contributed by atoms with Crippen LogP contribution >= 0.6 is 23.7 Å². The number of aromatic amines is 1. The first-order chi connectivity index (χ1) is 9.79. The molecule has 0 spiro atoms. The van der Waals surface area contributed by atoms with E-state index in [2.05, 4.69) is 10.2 Å². The number of nitrogens with two attached hydrogens (primary N) is 1. The summed E-state index contributed by atoms with van der Waals surface area (Å²) >= 11 is 1.63. The first kappa shape index (κ1) is 16.0. The molecule has 0 aromatic carbocycles. The lowest BCUT2D eigenvalue weighted by molar-refractivity contribution is 0.0617. The zero-order chi connectivity index (χ0) is 13.9. The second kappa shape index (κ2) is 7.06. The maximum absolute atomic E-state index is 12.5. The fourth-order valence-electron chi connectivity index (χ4n) is 2.65. The summed E-state index contributed by atoms with van der Waals surface area (Å²) in [6, 6.07) is 5.97. The number of piperidine rings is 1. The molecule has 0 bridgehead atoms. The molecule has 2 aromatic rings. The van der Waals surface area contributed by atoms with Crippen molar-refractivity contribution in [2.75, 3.05) is 13.1 Å². The van der Waals surface area contributed by atoms with Crippen LogP contribution < -0.4 is 5.73 Å². The van der Waals surface area contributed by atoms with Gasteiger partial charge in [0, 0.05) is 19.1 Å². The highest BCUT2D eigenvalue weighted by molar-refractivity contribution is 7.13. The molecule has 1 unspecified atom stereocenters. The van der Waals surface area contributed by atoms with Gasteiger partial charge < -0.3 is 10.6 Å². The van der Waals surface area contributed by atoms with Crippen molar-refractivity contribution >= 4 is 29.7 Å². The van der Waals surface area contributed by atoms with Crippen molar-refractivity contribution < 1.29 is 4.79 Å². The standard InChI is InChI=1S/C14H18N4OS.ClH/c15-9-10-4-1-2-6-18(10)14(19)12-8-11(16-17-12)13-5-3-7-20-13;/h3,5,7-8,10H,1-2,4,6,9,15H2,(H,16,17);1H. The topological polar surface area (TPSA) is 75.0 Å². The van der Waals surface area contributed by atoms with E-state index in [4.69, 9.17) is 5.73 Å². The number of nitrogens with one attached hydrogen (secondary N) is 1. The van der Waals surface area contributed by atoms with Crippen molar-refractivity contribution in [1.29, 1.82) is 0 Å². The predicted molar refractivity (Wildman–Crippen MR) is 86.9 cm³/mol. The molecule has 2 aromatic heterocycles. The molecule has 114 valence electrons. The zero-order valence-corrected chi connectivity index (χ0v) is 13.3. The Morgan fingerprint density at radius 3 is 3.10 bits per heavy atom. The first-order valence-electron chi connectivity index (χ1n) is 6.90. The summed E-state index contributed by atoms with van der Waals surface area (Å²) in [7, 11) is 0. The van der Waals surface area contributed by atoms with Gasteiger partial charge in [0.25, 0.3) is 5.91 Å². The lowest BCUT2D eigenvalue weighted by atomic mass is 10.0. The Bertz CT molecular complexity index is 584. The Kier molecular flexibility index (Phi) is 5.39. The quantitative estimate of drug-likeness (QED) is 0.910. The van der Waals surface area contributed by atoms with Gasteiger partial charge in [0.2, 0.25) is 0 Å². The largest absolute Gasteiger partial charge is 0.333 e. The van der Waals surface area contributed by atoms with E-state index in [0.29, 0.717) is 12.2 Å². The van der Waals surface area contributed by atoms with E-state index in [9.17, 15) is 4.79 Å². The molecule has 3 rings (SSSR count). The maximum atomic E-state index is 12.5. The van der Waals surface area contributed by atoms with E-state index < -0.39 is 0 Å². The van der Waals surface area contributed by atoms with Gasteiger partial charge in [0.1, 0.15) is 0 Å². The number of nitrogens with zero attached hydrogens (tertiary/aromatic N) is 2. The van der Waals surface area contributed by atoms with Gasteiger partial charge in [-0.1, -0.05) is 6.07 Å². The highest BCUT2D eigenvalue weighted by Gasteiger charge is 2.27. The molecule has 21 heavy (non-hydrogen) atoms. The summed E-state index contributed by atoms with van der Waals surface area (Å²) < 4.78 is 0. The van der Waals surface area contributed by atoms with Gasteiger partial charge in [0.05, 0.1) is 10.6 Å². The molecule has 0 radical (unpaired) electrons. The fraction of sp³-hybridized carbons (Fsp3) is 0.429. The lowest BCUT2D eigenvalue weighted by Gasteiger charge is -2.34. The number of likely N-dealkylation sites (tertiary alicyclic amines) is 1. The molecule has 1 aliphatic heterocycles. The molecule has 1 fully saturated rings. The normalized spacial score (nSPS) is 18.3. The Morgan fingerprint density at radius 1 is 1.52 bits per heavy atom. The van der Waals surface area contributed by atoms with Crippen LogP contribution in [0.3, 0.4) is 0 Å². The molecule has 3 N–H and O–H groups in total. The minimum Gasteiger partial charge on any atom is -0.333 e. The van der Waals surface area contributed by atoms with Gasteiger partial charge >= 0.3 is 0 Å². The van der Waals surface area contributed by atoms with Gasteiger partial charge in [-0.2, -0.15) is 5.10 Å². The minimum atomic E-state index is -0.0146. The molecular formula is C14H19ClN4OS. The molecule has 1 aliphatic rings. The van der Waals surface area contributed by atoms with E-state index in [1.165, 1.54) is 0 Å². The average Bonchev–Trinajstić information content (AvgIpc) is 3.16. The Hall–Kier alpha value is -1.37. The van der Waals surface area contributed by atoms with Gasteiger partial charge in [-0.25, -0.2) is 0 Å². The Labute approximate surface area is 133 Å². The van der Waals surface area contributed by atoms with Crippen LogP contribution in [0.25, 0.3) is 10.6 Å². The van der Waals surface area contributed by atoms with Crippen LogP contribution in [-0.2, 0) is 0 Å². The zero-order valence-electron chi connectivity index (χ0n) is 11.6. The molecular weight excluding hydrogens is 308 g/mol. The van der Waals surface area contributed by atoms with E-state index >= 15 is 0 Å². The van der Waals surface area contributed by atoms with Crippen LogP contribution in [0, 0.1) is 0 Å². The number of hydrogen-bond donors (Lipinski definition) is 2. The number of thiophene rings is 1. The molecule has 1 amide bonds. The third kappa shape index (κ3) is 3.28. The van der Waals surface area contributed by atoms with E-state index in [0.717, 1.165) is 36.4 Å². The summed E-state index contributed by atoms with van der Waals surface area (Å²) in [4.78, 5) is 15.5. The van der Waals surface area contributed by atoms with Crippen LogP contribution in [0.5, 0.6) is 0 Å². The highest BCUT2D eigenvalue weighted by Crippen LogP contribution is 2.24. The molecule has 0 aliphatic carbocycles. The number of hydrogen-bond acceptors (Lipinski definition) is 4. The molecule has 1 saturated heterocycles. The smallest absolute Gasteiger partial charge is 0.274 e. The first-order valence-corrected chi connectivity index (χ1v) is 7.78. The number of halogens is 1. The van der Waals surface area contributed by atoms with E-state index in [1.807, 2.05) is 28.5 Å². The third-order valence-corrected chi connectivity index (χ3v) is 4.65. The lowest BCUT2D eigenvalue weighted by Crippen LogP contribution is -2.47. The Balaban J connectivity index is 0.00000161. The summed E-state index contributed by atoms with van der Waals surface area (Å²) in [6.45, 7) is 1.30. The fourth-order valence-corrected chi connectivity index (χ4v) is 3.34. The average molecular weight is 327 g/mol. The molecule has 3 heterocycles. The van der Waals surface area contributed by atoms with Crippen molar-refractivity contribution in [2.45, 2.75) is 25.3 Å². The van der Waals surface area contributed by atoms with Crippen LogP contribution in [0.2, 0.25) is 0 Å². The van der Waals surface area contributed by atoms with Crippen LogP contribution in [0.4, 0.5) is 0 Å². The van der Waals surface area contributed by atoms with Gasteiger partial charge in [-0.05, 0) is 36.8 Å². The van der Waals surface area contributed by atoms with Gasteiger partial charge in [-0.3, -0.25) is 9.89 Å². The van der Waals surface area contributed by atoms with Crippen molar-refractivity contribution in [1.82, 2.24) is 15.1 Å². The predicted octanol–water partition coefficient (Wildman–Crippen LogP) is 2.51. The van der Waals surface area contributed by atoms with Crippen molar-refractivity contribution in [2.24, 2.45) is 5.73 Å². The van der Waals surface area contributed by atoms with Crippen LogP contribution in [0.1, 0.15) is 29.8 Å². The van der Waals surface area contributed by atoms with Crippen molar-refractivity contribution in [3.63, 3.8) is 0 Å². The molecule has 5 nitrogen and oxygen atoms in total. The van der Waals surface area contributed by atoms with E-state index in [1.54, 1.807) is 11.3 Å². The van der Waals surface area contributed by atoms with Crippen LogP contribution in [0.15, 0.2) is 23.6 Å². The summed E-state index contributed by atoms with van der Waals surface area (Å²) in [5, 5.41) is 9.12. The number of amides is 1. The van der Waals surface area contributed by atoms with Gasteiger partial charge in [0.15, 0.2) is 5.69 Å². The SMILES string of the molecule is Cl.NCC1CCCCN1C(=O)c1cc(-c2cccs2)[nH]n1. The van der Waals surface area contributed by atoms with Crippen molar-refractivity contribution in [3.8, 4) is 10.6 Å². The maximum Gasteiger partial charge on any atom is 0.274 e. The van der Waals surface area contributed by atoms with Crippen molar-refractivity contribution in [3.05, 3.63) is 29.3 Å². The summed E-state index contributed by atoms with van der Waals surface area (Å²) in [6.07, 6.45) is 3.18. The monoisotopic (exact) mass is 326 g/mol. The van der Waals surface area contributed by atoms with E-state index in [-0.39, 0.29) is 24.4 Å². The molecule has 1 atom stereocenters. The number of rotatable bonds is 3. The number of aromatic nitrogens is 2.